The average molecular weight is 370 g/mol. The van der Waals surface area contributed by atoms with Gasteiger partial charge in [0.1, 0.15) is 23.0 Å². The molecular weight excluding hydrogens is 348 g/mol. The second-order valence-electron chi connectivity index (χ2n) is 5.75. The van der Waals surface area contributed by atoms with Crippen LogP contribution < -0.4 is 18.9 Å². The molecule has 0 N–H and O–H groups in total. The van der Waals surface area contributed by atoms with Crippen molar-refractivity contribution in [2.24, 2.45) is 0 Å². The molecule has 0 aromatic heterocycles. The highest BCUT2D eigenvalue weighted by atomic mass is 16.5. The third kappa shape index (κ3) is 6.51. The van der Waals surface area contributed by atoms with Crippen molar-refractivity contribution in [3.05, 3.63) is 53.6 Å². The van der Waals surface area contributed by atoms with Gasteiger partial charge in [-0.2, -0.15) is 0 Å². The second kappa shape index (κ2) is 9.43. The lowest BCUT2D eigenvalue weighted by Gasteiger charge is -2.08. The third-order valence-corrected chi connectivity index (χ3v) is 3.50. The van der Waals surface area contributed by atoms with Crippen molar-refractivity contribution in [1.29, 1.82) is 0 Å². The van der Waals surface area contributed by atoms with E-state index in [1.165, 1.54) is 19.9 Å². The molecule has 0 saturated carbocycles. The molecule has 142 valence electrons. The lowest BCUT2D eigenvalue weighted by molar-refractivity contribution is -0.132. The molecule has 0 aliphatic heterocycles. The van der Waals surface area contributed by atoms with Crippen LogP contribution in [-0.2, 0) is 16.0 Å². The SMILES string of the molecule is COc1cc(C/C=C/c2cc(OC(C)=O)cc(OC(C)=O)c2)cc(OC)c1. The Bertz CT molecular complexity index is 797. The Morgan fingerprint density at radius 1 is 0.778 bits per heavy atom. The smallest absolute Gasteiger partial charge is 0.308 e. The molecule has 2 rings (SSSR count). The van der Waals surface area contributed by atoms with Crippen LogP contribution in [0.1, 0.15) is 25.0 Å². The Labute approximate surface area is 158 Å². The van der Waals surface area contributed by atoms with Crippen LogP contribution in [0.2, 0.25) is 0 Å². The first-order chi connectivity index (χ1) is 12.9. The largest absolute Gasteiger partial charge is 0.497 e. The quantitative estimate of drug-likeness (QED) is 0.545. The molecule has 0 atom stereocenters. The van der Waals surface area contributed by atoms with Crippen molar-refractivity contribution in [1.82, 2.24) is 0 Å². The van der Waals surface area contributed by atoms with E-state index < -0.39 is 11.9 Å². The molecule has 2 aromatic carbocycles. The number of hydrogen-bond donors (Lipinski definition) is 0. The van der Waals surface area contributed by atoms with Gasteiger partial charge in [-0.3, -0.25) is 9.59 Å². The highest BCUT2D eigenvalue weighted by Gasteiger charge is 2.06. The summed E-state index contributed by atoms with van der Waals surface area (Å²) in [6.07, 6.45) is 4.43. The summed E-state index contributed by atoms with van der Waals surface area (Å²) in [6.45, 7) is 2.62. The highest BCUT2D eigenvalue weighted by molar-refractivity contribution is 5.72. The zero-order chi connectivity index (χ0) is 19.8. The van der Waals surface area contributed by atoms with E-state index in [0.29, 0.717) is 29.4 Å². The van der Waals surface area contributed by atoms with Gasteiger partial charge in [0.15, 0.2) is 0 Å². The van der Waals surface area contributed by atoms with Gasteiger partial charge in [-0.15, -0.1) is 0 Å². The van der Waals surface area contributed by atoms with Crippen molar-refractivity contribution in [3.8, 4) is 23.0 Å². The molecule has 0 amide bonds. The summed E-state index contributed by atoms with van der Waals surface area (Å²) in [5.74, 6) is 1.15. The molecule has 0 radical (unpaired) electrons. The van der Waals surface area contributed by atoms with Gasteiger partial charge in [-0.25, -0.2) is 0 Å². The van der Waals surface area contributed by atoms with Crippen LogP contribution >= 0.6 is 0 Å². The fourth-order valence-corrected chi connectivity index (χ4v) is 2.46. The van der Waals surface area contributed by atoms with Gasteiger partial charge in [-0.05, 0) is 41.8 Å². The van der Waals surface area contributed by atoms with Crippen molar-refractivity contribution < 1.29 is 28.5 Å². The van der Waals surface area contributed by atoms with Crippen molar-refractivity contribution in [2.75, 3.05) is 14.2 Å². The fourth-order valence-electron chi connectivity index (χ4n) is 2.46. The number of methoxy groups -OCH3 is 2. The maximum absolute atomic E-state index is 11.2. The van der Waals surface area contributed by atoms with Crippen LogP contribution in [-0.4, -0.2) is 26.2 Å². The second-order valence-corrected chi connectivity index (χ2v) is 5.75. The summed E-state index contributed by atoms with van der Waals surface area (Å²) in [5.41, 5.74) is 1.75. The Morgan fingerprint density at radius 3 is 1.70 bits per heavy atom. The zero-order valence-corrected chi connectivity index (χ0v) is 15.8. The number of benzene rings is 2. The molecule has 0 heterocycles. The number of ether oxygens (including phenoxy) is 4. The minimum atomic E-state index is -0.451. The molecular formula is C21H22O6. The molecule has 0 saturated heterocycles. The molecule has 0 fully saturated rings. The van der Waals surface area contributed by atoms with E-state index in [2.05, 4.69) is 0 Å². The van der Waals surface area contributed by atoms with Crippen LogP contribution in [0.15, 0.2) is 42.5 Å². The summed E-state index contributed by atoms with van der Waals surface area (Å²) in [5, 5.41) is 0. The van der Waals surface area contributed by atoms with Crippen LogP contribution in [0.5, 0.6) is 23.0 Å². The summed E-state index contributed by atoms with van der Waals surface area (Å²) in [6, 6.07) is 10.5. The summed E-state index contributed by atoms with van der Waals surface area (Å²) in [4.78, 5) is 22.4. The summed E-state index contributed by atoms with van der Waals surface area (Å²) >= 11 is 0. The number of carbonyl (C=O) groups excluding carboxylic acids is 2. The van der Waals surface area contributed by atoms with Crippen LogP contribution in [0, 0.1) is 0 Å². The normalized spacial score (nSPS) is 10.5. The third-order valence-electron chi connectivity index (χ3n) is 3.50. The molecule has 0 aliphatic rings. The monoisotopic (exact) mass is 370 g/mol. The van der Waals surface area contributed by atoms with Gasteiger partial charge in [0.05, 0.1) is 14.2 Å². The van der Waals surface area contributed by atoms with E-state index >= 15 is 0 Å². The molecule has 0 spiro atoms. The van der Waals surface area contributed by atoms with Crippen LogP contribution in [0.3, 0.4) is 0 Å². The van der Waals surface area contributed by atoms with Gasteiger partial charge < -0.3 is 18.9 Å². The standard InChI is InChI=1S/C21H22O6/c1-14(22)26-20-10-17(11-21(13-20)27-15(2)23)7-5-6-16-8-18(24-3)12-19(9-16)25-4/h5,7-13H,6H2,1-4H3/b7-5+. The number of rotatable bonds is 7. The Kier molecular flexibility index (Phi) is 7.00. The Morgan fingerprint density at radius 2 is 1.26 bits per heavy atom. The first-order valence-corrected chi connectivity index (χ1v) is 8.30. The molecule has 6 nitrogen and oxygen atoms in total. The predicted molar refractivity (Wildman–Crippen MR) is 101 cm³/mol. The number of esters is 2. The lowest BCUT2D eigenvalue weighted by Crippen LogP contribution is -2.04. The Balaban J connectivity index is 2.22. The molecule has 0 bridgehead atoms. The van der Waals surface area contributed by atoms with Gasteiger partial charge in [-0.1, -0.05) is 12.2 Å². The maximum Gasteiger partial charge on any atom is 0.308 e. The number of allylic oxidation sites excluding steroid dienone is 1. The van der Waals surface area contributed by atoms with E-state index in [4.69, 9.17) is 18.9 Å². The van der Waals surface area contributed by atoms with E-state index in [-0.39, 0.29) is 0 Å². The van der Waals surface area contributed by atoms with Crippen LogP contribution in [0.25, 0.3) is 6.08 Å². The minimum absolute atomic E-state index is 0.309. The molecule has 2 aromatic rings. The van der Waals surface area contributed by atoms with Crippen molar-refractivity contribution >= 4 is 18.0 Å². The van der Waals surface area contributed by atoms with E-state index in [9.17, 15) is 9.59 Å². The van der Waals surface area contributed by atoms with Gasteiger partial charge in [0.25, 0.3) is 0 Å². The molecule has 6 heteroatoms. The minimum Gasteiger partial charge on any atom is -0.497 e. The summed E-state index contributed by atoms with van der Waals surface area (Å²) in [7, 11) is 3.21. The predicted octanol–water partition coefficient (Wildman–Crippen LogP) is 3.81. The topological polar surface area (TPSA) is 71.1 Å². The fraction of sp³-hybridized carbons (Fsp3) is 0.238. The summed E-state index contributed by atoms with van der Waals surface area (Å²) < 4.78 is 20.7. The maximum atomic E-state index is 11.2. The van der Waals surface area contributed by atoms with Gasteiger partial charge in [0, 0.05) is 26.0 Å². The average Bonchev–Trinajstić information content (AvgIpc) is 2.60. The first kappa shape index (κ1) is 20.0. The van der Waals surface area contributed by atoms with Gasteiger partial charge >= 0.3 is 11.9 Å². The number of carbonyl (C=O) groups is 2. The molecule has 0 unspecified atom stereocenters. The molecule has 27 heavy (non-hydrogen) atoms. The van der Waals surface area contributed by atoms with Crippen molar-refractivity contribution in [3.63, 3.8) is 0 Å². The van der Waals surface area contributed by atoms with E-state index in [0.717, 1.165) is 11.1 Å². The van der Waals surface area contributed by atoms with E-state index in [1.54, 1.807) is 32.4 Å². The van der Waals surface area contributed by atoms with E-state index in [1.807, 2.05) is 24.3 Å². The van der Waals surface area contributed by atoms with Gasteiger partial charge in [0.2, 0.25) is 0 Å². The first-order valence-electron chi connectivity index (χ1n) is 8.30. The number of hydrogen-bond acceptors (Lipinski definition) is 6. The Hall–Kier alpha value is -3.28. The van der Waals surface area contributed by atoms with Crippen LogP contribution in [0.4, 0.5) is 0 Å². The highest BCUT2D eigenvalue weighted by Crippen LogP contribution is 2.26. The lowest BCUT2D eigenvalue weighted by atomic mass is 10.1. The van der Waals surface area contributed by atoms with Crippen molar-refractivity contribution in [2.45, 2.75) is 20.3 Å². The molecule has 0 aliphatic carbocycles. The zero-order valence-electron chi connectivity index (χ0n) is 15.8.